The summed E-state index contributed by atoms with van der Waals surface area (Å²) in [4.78, 5) is 11.3. The lowest BCUT2D eigenvalue weighted by Gasteiger charge is -2.10. The number of halogens is 1. The van der Waals surface area contributed by atoms with Gasteiger partial charge >= 0.3 is 0 Å². The van der Waals surface area contributed by atoms with Gasteiger partial charge in [0.05, 0.1) is 24.2 Å². The van der Waals surface area contributed by atoms with Crippen LogP contribution in [0.2, 0.25) is 0 Å². The Morgan fingerprint density at radius 3 is 2.48 bits per heavy atom. The van der Waals surface area contributed by atoms with Crippen molar-refractivity contribution in [3.8, 4) is 5.75 Å². The number of nitrogens with two attached hydrogens (primary N) is 1. The third-order valence-electron chi connectivity index (χ3n) is 2.82. The Kier molecular flexibility index (Phi) is 9.77. The minimum Gasteiger partial charge on any atom is -0.496 e. The molecule has 0 fully saturated rings. The summed E-state index contributed by atoms with van der Waals surface area (Å²) in [6.07, 6.45) is 0. The van der Waals surface area contributed by atoms with Gasteiger partial charge in [-0.2, -0.15) is 0 Å². The zero-order chi connectivity index (χ0) is 16.6. The molecule has 0 spiro atoms. The molecule has 0 aliphatic carbocycles. The van der Waals surface area contributed by atoms with E-state index < -0.39 is 15.9 Å². The van der Waals surface area contributed by atoms with Crippen LogP contribution in [0, 0.1) is 0 Å². The van der Waals surface area contributed by atoms with E-state index in [-0.39, 0.29) is 35.2 Å². The number of nitrogens with one attached hydrogen (secondary N) is 2. The van der Waals surface area contributed by atoms with Gasteiger partial charge in [0.25, 0.3) is 5.91 Å². The molecule has 1 amide bonds. The minimum absolute atomic E-state index is 0. The number of rotatable bonds is 10. The van der Waals surface area contributed by atoms with Gasteiger partial charge in [0.2, 0.25) is 10.0 Å². The van der Waals surface area contributed by atoms with Crippen LogP contribution in [0.4, 0.5) is 0 Å². The van der Waals surface area contributed by atoms with Crippen molar-refractivity contribution in [3.05, 3.63) is 23.8 Å². The summed E-state index contributed by atoms with van der Waals surface area (Å²) in [6, 6.07) is 3.94. The number of sulfonamides is 1. The van der Waals surface area contributed by atoms with Gasteiger partial charge in [-0.25, -0.2) is 13.1 Å². The zero-order valence-electron chi connectivity index (χ0n) is 13.0. The van der Waals surface area contributed by atoms with E-state index >= 15 is 0 Å². The van der Waals surface area contributed by atoms with Crippen LogP contribution < -0.4 is 20.5 Å². The van der Waals surface area contributed by atoms with Gasteiger partial charge in [-0.1, -0.05) is 0 Å². The summed E-state index contributed by atoms with van der Waals surface area (Å²) in [5.41, 5.74) is 5.23. The smallest absolute Gasteiger partial charge is 0.252 e. The first-order valence-corrected chi connectivity index (χ1v) is 8.08. The highest BCUT2D eigenvalue weighted by atomic mass is 35.5. The van der Waals surface area contributed by atoms with Crippen molar-refractivity contribution in [2.75, 3.05) is 40.5 Å². The number of benzene rings is 1. The third-order valence-corrected chi connectivity index (χ3v) is 4.28. The highest BCUT2D eigenvalue weighted by Gasteiger charge is 2.18. The Morgan fingerprint density at radius 2 is 1.91 bits per heavy atom. The largest absolute Gasteiger partial charge is 0.496 e. The summed E-state index contributed by atoms with van der Waals surface area (Å²) in [5, 5.41) is 3.01. The molecule has 1 rings (SSSR count). The first-order chi connectivity index (χ1) is 10.4. The Bertz CT molecular complexity index is 610. The second kappa shape index (κ2) is 10.4. The summed E-state index contributed by atoms with van der Waals surface area (Å²) in [5.74, 6) is -0.525. The molecule has 0 aromatic heterocycles. The molecule has 23 heavy (non-hydrogen) atoms. The number of carbonyl (C=O) groups is 1. The van der Waals surface area contributed by atoms with E-state index in [1.54, 1.807) is 7.11 Å². The summed E-state index contributed by atoms with van der Waals surface area (Å²) in [7, 11) is -0.756. The SMILES string of the molecule is COCCNCCNS(=O)(=O)c1ccc(OC)c(C(N)=O)c1.Cl. The number of methoxy groups -OCH3 is 2. The summed E-state index contributed by atoms with van der Waals surface area (Å²) in [6.45, 7) is 1.85. The van der Waals surface area contributed by atoms with Gasteiger partial charge in [0, 0.05) is 26.7 Å². The highest BCUT2D eigenvalue weighted by molar-refractivity contribution is 7.89. The average Bonchev–Trinajstić information content (AvgIpc) is 2.49. The molecule has 0 saturated heterocycles. The fraction of sp³-hybridized carbons (Fsp3) is 0.462. The molecule has 0 heterocycles. The Labute approximate surface area is 142 Å². The second-order valence-electron chi connectivity index (χ2n) is 4.37. The maximum Gasteiger partial charge on any atom is 0.252 e. The predicted octanol–water partition coefficient (Wildman–Crippen LogP) is -0.270. The Hall–Kier alpha value is -1.39. The molecule has 1 aromatic carbocycles. The number of primary amides is 1. The minimum atomic E-state index is -3.72. The Morgan fingerprint density at radius 1 is 1.22 bits per heavy atom. The molecule has 132 valence electrons. The van der Waals surface area contributed by atoms with Crippen LogP contribution in [0.3, 0.4) is 0 Å². The highest BCUT2D eigenvalue weighted by Crippen LogP contribution is 2.21. The summed E-state index contributed by atoms with van der Waals surface area (Å²) >= 11 is 0. The lowest BCUT2D eigenvalue weighted by molar-refractivity contribution is 0.0997. The van der Waals surface area contributed by atoms with Crippen LogP contribution in [0.5, 0.6) is 5.75 Å². The van der Waals surface area contributed by atoms with Crippen LogP contribution in [0.1, 0.15) is 10.4 Å². The predicted molar refractivity (Wildman–Crippen MR) is 88.7 cm³/mol. The average molecular weight is 368 g/mol. The van der Waals surface area contributed by atoms with Crippen molar-refractivity contribution in [2.24, 2.45) is 5.73 Å². The van der Waals surface area contributed by atoms with Crippen molar-refractivity contribution in [2.45, 2.75) is 4.90 Å². The van der Waals surface area contributed by atoms with E-state index in [2.05, 4.69) is 10.0 Å². The topological polar surface area (TPSA) is 120 Å². The van der Waals surface area contributed by atoms with E-state index in [9.17, 15) is 13.2 Å². The maximum atomic E-state index is 12.1. The molecule has 0 bridgehead atoms. The fourth-order valence-corrected chi connectivity index (χ4v) is 2.76. The molecule has 0 aliphatic heterocycles. The van der Waals surface area contributed by atoms with Crippen LogP contribution in [0.15, 0.2) is 23.1 Å². The van der Waals surface area contributed by atoms with Crippen molar-refractivity contribution < 1.29 is 22.7 Å². The molecule has 8 nitrogen and oxygen atoms in total. The third kappa shape index (κ3) is 6.71. The molecular weight excluding hydrogens is 346 g/mol. The molecule has 0 atom stereocenters. The van der Waals surface area contributed by atoms with Crippen molar-refractivity contribution in [3.63, 3.8) is 0 Å². The normalized spacial score (nSPS) is 10.9. The lowest BCUT2D eigenvalue weighted by Crippen LogP contribution is -2.33. The van der Waals surface area contributed by atoms with Crippen molar-refractivity contribution in [1.29, 1.82) is 0 Å². The standard InChI is InChI=1S/C13H21N3O5S.ClH/c1-20-8-7-15-5-6-16-22(18,19)10-3-4-12(21-2)11(9-10)13(14)17;/h3-4,9,15-16H,5-8H2,1-2H3,(H2,14,17);1H. The van der Waals surface area contributed by atoms with Gasteiger partial charge in [0.1, 0.15) is 5.75 Å². The first-order valence-electron chi connectivity index (χ1n) is 6.59. The fourth-order valence-electron chi connectivity index (χ4n) is 1.70. The number of carbonyl (C=O) groups excluding carboxylic acids is 1. The molecule has 1 aromatic rings. The number of amides is 1. The zero-order valence-corrected chi connectivity index (χ0v) is 14.6. The molecule has 10 heteroatoms. The van der Waals surface area contributed by atoms with Crippen molar-refractivity contribution >= 4 is 28.3 Å². The molecule has 0 unspecified atom stereocenters. The second-order valence-corrected chi connectivity index (χ2v) is 6.13. The van der Waals surface area contributed by atoms with E-state index in [1.807, 2.05) is 0 Å². The van der Waals surface area contributed by atoms with Crippen LogP contribution >= 0.6 is 12.4 Å². The number of ether oxygens (including phenoxy) is 2. The maximum absolute atomic E-state index is 12.1. The van der Waals surface area contributed by atoms with E-state index in [0.717, 1.165) is 0 Å². The van der Waals surface area contributed by atoms with E-state index in [4.69, 9.17) is 15.2 Å². The monoisotopic (exact) mass is 367 g/mol. The molecule has 4 N–H and O–H groups in total. The van der Waals surface area contributed by atoms with Crippen LogP contribution in [-0.4, -0.2) is 54.8 Å². The van der Waals surface area contributed by atoms with E-state index in [1.165, 1.54) is 25.3 Å². The quantitative estimate of drug-likeness (QED) is 0.490. The first kappa shape index (κ1) is 21.6. The number of hydrogen-bond donors (Lipinski definition) is 3. The van der Waals surface area contributed by atoms with Gasteiger partial charge in [-0.3, -0.25) is 4.79 Å². The van der Waals surface area contributed by atoms with E-state index in [0.29, 0.717) is 19.7 Å². The molecule has 0 radical (unpaired) electrons. The molecule has 0 saturated carbocycles. The van der Waals surface area contributed by atoms with Gasteiger partial charge < -0.3 is 20.5 Å². The summed E-state index contributed by atoms with van der Waals surface area (Å²) < 4.78 is 36.5. The van der Waals surface area contributed by atoms with Gasteiger partial charge in [-0.15, -0.1) is 12.4 Å². The van der Waals surface area contributed by atoms with Gasteiger partial charge in [0.15, 0.2) is 0 Å². The number of hydrogen-bond acceptors (Lipinski definition) is 6. The lowest BCUT2D eigenvalue weighted by atomic mass is 10.2. The Balaban J connectivity index is 0.00000484. The molecule has 0 aliphatic rings. The van der Waals surface area contributed by atoms with Crippen molar-refractivity contribution in [1.82, 2.24) is 10.0 Å². The molecular formula is C13H22ClN3O5S. The van der Waals surface area contributed by atoms with Gasteiger partial charge in [-0.05, 0) is 18.2 Å². The van der Waals surface area contributed by atoms with Crippen LogP contribution in [0.25, 0.3) is 0 Å². The van der Waals surface area contributed by atoms with Crippen LogP contribution in [-0.2, 0) is 14.8 Å².